The summed E-state index contributed by atoms with van der Waals surface area (Å²) in [5.74, 6) is 1.82. The summed E-state index contributed by atoms with van der Waals surface area (Å²) in [5.41, 5.74) is 3.06. The number of carbonyl (C=O) groups is 1. The smallest absolute Gasteiger partial charge is 0.234 e. The van der Waals surface area contributed by atoms with Crippen LogP contribution in [0.1, 0.15) is 35.7 Å². The molecular formula is C18H22N4OS. The summed E-state index contributed by atoms with van der Waals surface area (Å²) >= 11 is 1.42. The number of allylic oxidation sites excluding steroid dienone is 1. The Morgan fingerprint density at radius 1 is 1.42 bits per heavy atom. The Balaban J connectivity index is 1.64. The second kappa shape index (κ2) is 7.21. The van der Waals surface area contributed by atoms with Crippen LogP contribution in [0.5, 0.6) is 0 Å². The molecule has 126 valence electrons. The number of hydrogen-bond acceptors (Lipinski definition) is 4. The van der Waals surface area contributed by atoms with Crippen LogP contribution in [-0.2, 0) is 11.3 Å². The molecule has 0 bridgehead atoms. The molecule has 1 heterocycles. The maximum absolute atomic E-state index is 12.3. The van der Waals surface area contributed by atoms with E-state index < -0.39 is 0 Å². The van der Waals surface area contributed by atoms with Gasteiger partial charge in [0, 0.05) is 18.2 Å². The predicted octanol–water partition coefficient (Wildman–Crippen LogP) is 3.69. The molecule has 2 aromatic rings. The number of aromatic nitrogens is 3. The third-order valence-electron chi connectivity index (χ3n) is 4.00. The molecule has 1 aromatic heterocycles. The van der Waals surface area contributed by atoms with E-state index in [1.165, 1.54) is 24.6 Å². The minimum Gasteiger partial charge on any atom is -0.325 e. The molecule has 3 rings (SSSR count). The summed E-state index contributed by atoms with van der Waals surface area (Å²) in [4.78, 5) is 12.3. The van der Waals surface area contributed by atoms with Crippen molar-refractivity contribution in [1.29, 1.82) is 0 Å². The lowest BCUT2D eigenvalue weighted by Crippen LogP contribution is -2.15. The summed E-state index contributed by atoms with van der Waals surface area (Å²) in [5, 5.41) is 12.3. The molecule has 1 fully saturated rings. The highest BCUT2D eigenvalue weighted by atomic mass is 32.2. The Labute approximate surface area is 146 Å². The number of benzene rings is 1. The van der Waals surface area contributed by atoms with Crippen molar-refractivity contribution in [1.82, 2.24) is 14.8 Å². The largest absolute Gasteiger partial charge is 0.325 e. The number of nitrogens with one attached hydrogen (secondary N) is 1. The molecule has 1 aromatic carbocycles. The maximum Gasteiger partial charge on any atom is 0.234 e. The van der Waals surface area contributed by atoms with E-state index in [1.807, 2.05) is 38.1 Å². The zero-order valence-electron chi connectivity index (χ0n) is 14.1. The highest BCUT2D eigenvalue weighted by Gasteiger charge is 2.30. The van der Waals surface area contributed by atoms with Crippen molar-refractivity contribution in [2.24, 2.45) is 0 Å². The van der Waals surface area contributed by atoms with Crippen molar-refractivity contribution >= 4 is 23.4 Å². The summed E-state index contributed by atoms with van der Waals surface area (Å²) in [6.07, 6.45) is 4.19. The van der Waals surface area contributed by atoms with E-state index in [0.29, 0.717) is 18.2 Å². The normalized spacial score (nSPS) is 13.8. The topological polar surface area (TPSA) is 59.8 Å². The summed E-state index contributed by atoms with van der Waals surface area (Å²) in [6.45, 7) is 8.49. The van der Waals surface area contributed by atoms with Crippen molar-refractivity contribution in [3.8, 4) is 0 Å². The van der Waals surface area contributed by atoms with Gasteiger partial charge in [-0.2, -0.15) is 0 Å². The highest BCUT2D eigenvalue weighted by molar-refractivity contribution is 7.99. The summed E-state index contributed by atoms with van der Waals surface area (Å²) in [7, 11) is 0. The fourth-order valence-electron chi connectivity index (χ4n) is 2.54. The quantitative estimate of drug-likeness (QED) is 0.616. The van der Waals surface area contributed by atoms with Crippen LogP contribution >= 0.6 is 11.8 Å². The maximum atomic E-state index is 12.3. The molecule has 1 aliphatic carbocycles. The number of hydrogen-bond donors (Lipinski definition) is 1. The molecule has 1 aliphatic rings. The molecule has 0 aliphatic heterocycles. The monoisotopic (exact) mass is 342 g/mol. The standard InChI is InChI=1S/C18H22N4OS/c1-4-9-22-17(14-7-8-14)20-21-18(22)24-11-16(23)19-15-10-12(2)5-6-13(15)3/h4-6,10,14H,1,7-9,11H2,2-3H3,(H,19,23). The lowest BCUT2D eigenvalue weighted by molar-refractivity contribution is -0.113. The molecule has 0 radical (unpaired) electrons. The fraction of sp³-hybridized carbons (Fsp3) is 0.389. The Morgan fingerprint density at radius 2 is 2.21 bits per heavy atom. The van der Waals surface area contributed by atoms with Crippen LogP contribution in [0.15, 0.2) is 36.0 Å². The number of aryl methyl sites for hydroxylation is 2. The van der Waals surface area contributed by atoms with Crippen LogP contribution in [0, 0.1) is 13.8 Å². The summed E-state index contributed by atoms with van der Waals surface area (Å²) < 4.78 is 2.07. The summed E-state index contributed by atoms with van der Waals surface area (Å²) in [6, 6.07) is 6.04. The van der Waals surface area contributed by atoms with Crippen molar-refractivity contribution < 1.29 is 4.79 Å². The zero-order valence-corrected chi connectivity index (χ0v) is 14.9. The number of carbonyl (C=O) groups excluding carboxylic acids is 1. The van der Waals surface area contributed by atoms with Gasteiger partial charge in [0.15, 0.2) is 5.16 Å². The first kappa shape index (κ1) is 16.8. The van der Waals surface area contributed by atoms with Crippen molar-refractivity contribution in [3.63, 3.8) is 0 Å². The lowest BCUT2D eigenvalue weighted by Gasteiger charge is -2.10. The first-order valence-corrected chi connectivity index (χ1v) is 9.11. The Kier molecular flexibility index (Phi) is 5.04. The van der Waals surface area contributed by atoms with Gasteiger partial charge in [-0.3, -0.25) is 4.79 Å². The number of amides is 1. The molecule has 0 atom stereocenters. The van der Waals surface area contributed by atoms with Crippen LogP contribution in [0.25, 0.3) is 0 Å². The molecule has 0 spiro atoms. The molecular weight excluding hydrogens is 320 g/mol. The van der Waals surface area contributed by atoms with Crippen LogP contribution in [0.2, 0.25) is 0 Å². The molecule has 6 heteroatoms. The number of rotatable bonds is 7. The van der Waals surface area contributed by atoms with E-state index >= 15 is 0 Å². The van der Waals surface area contributed by atoms with Gasteiger partial charge in [-0.25, -0.2) is 0 Å². The number of nitrogens with zero attached hydrogens (tertiary/aromatic N) is 3. The SMILES string of the molecule is C=CCn1c(SCC(=O)Nc2cc(C)ccc2C)nnc1C1CC1. The highest BCUT2D eigenvalue weighted by Crippen LogP contribution is 2.40. The van der Waals surface area contributed by atoms with Gasteiger partial charge < -0.3 is 9.88 Å². The van der Waals surface area contributed by atoms with E-state index in [1.54, 1.807) is 0 Å². The average Bonchev–Trinajstić information content (AvgIpc) is 3.32. The van der Waals surface area contributed by atoms with Gasteiger partial charge in [-0.15, -0.1) is 16.8 Å². The second-order valence-electron chi connectivity index (χ2n) is 6.17. The number of anilines is 1. The first-order valence-electron chi connectivity index (χ1n) is 8.12. The second-order valence-corrected chi connectivity index (χ2v) is 7.11. The third kappa shape index (κ3) is 3.87. The minimum atomic E-state index is -0.0326. The minimum absolute atomic E-state index is 0.0326. The fourth-order valence-corrected chi connectivity index (χ4v) is 3.29. The van der Waals surface area contributed by atoms with Gasteiger partial charge in [0.05, 0.1) is 5.75 Å². The Hall–Kier alpha value is -2.08. The van der Waals surface area contributed by atoms with Crippen molar-refractivity contribution in [2.45, 2.75) is 44.3 Å². The first-order chi connectivity index (χ1) is 11.6. The van der Waals surface area contributed by atoms with Gasteiger partial charge in [0.25, 0.3) is 0 Å². The molecule has 24 heavy (non-hydrogen) atoms. The zero-order chi connectivity index (χ0) is 17.1. The van der Waals surface area contributed by atoms with Crippen LogP contribution < -0.4 is 5.32 Å². The molecule has 1 amide bonds. The van der Waals surface area contributed by atoms with E-state index in [-0.39, 0.29) is 5.91 Å². The van der Waals surface area contributed by atoms with E-state index in [0.717, 1.165) is 27.8 Å². The molecule has 0 saturated heterocycles. The lowest BCUT2D eigenvalue weighted by atomic mass is 10.1. The van der Waals surface area contributed by atoms with Crippen molar-refractivity contribution in [3.05, 3.63) is 47.8 Å². The predicted molar refractivity (Wildman–Crippen MR) is 97.5 cm³/mol. The van der Waals surface area contributed by atoms with Gasteiger partial charge in [0.2, 0.25) is 5.91 Å². The van der Waals surface area contributed by atoms with E-state index in [4.69, 9.17) is 0 Å². The van der Waals surface area contributed by atoms with Crippen LogP contribution in [0.3, 0.4) is 0 Å². The van der Waals surface area contributed by atoms with E-state index in [2.05, 4.69) is 26.7 Å². The van der Waals surface area contributed by atoms with Gasteiger partial charge >= 0.3 is 0 Å². The van der Waals surface area contributed by atoms with Gasteiger partial charge in [0.1, 0.15) is 5.82 Å². The molecule has 1 N–H and O–H groups in total. The van der Waals surface area contributed by atoms with Gasteiger partial charge in [-0.1, -0.05) is 30.0 Å². The number of thioether (sulfide) groups is 1. The molecule has 0 unspecified atom stereocenters. The van der Waals surface area contributed by atoms with Crippen molar-refractivity contribution in [2.75, 3.05) is 11.1 Å². The van der Waals surface area contributed by atoms with E-state index in [9.17, 15) is 4.79 Å². The molecule has 1 saturated carbocycles. The Bertz CT molecular complexity index is 764. The third-order valence-corrected chi connectivity index (χ3v) is 4.97. The molecule has 5 nitrogen and oxygen atoms in total. The Morgan fingerprint density at radius 3 is 2.92 bits per heavy atom. The van der Waals surface area contributed by atoms with Gasteiger partial charge in [-0.05, 0) is 43.9 Å². The van der Waals surface area contributed by atoms with Crippen LogP contribution in [0.4, 0.5) is 5.69 Å². The van der Waals surface area contributed by atoms with Crippen LogP contribution in [-0.4, -0.2) is 26.4 Å². The average molecular weight is 342 g/mol.